The van der Waals surface area contributed by atoms with Gasteiger partial charge < -0.3 is 9.42 Å². The quantitative estimate of drug-likeness (QED) is 0.560. The third-order valence-electron chi connectivity index (χ3n) is 3.85. The molecular weight excluding hydrogens is 354 g/mol. The number of aryl methyl sites for hydroxylation is 1. The smallest absolute Gasteiger partial charge is 0.227 e. The van der Waals surface area contributed by atoms with Crippen LogP contribution >= 0.6 is 22.7 Å². The minimum Gasteiger partial charge on any atom is -0.342 e. The maximum atomic E-state index is 12.5. The molecule has 3 rings (SSSR count). The molecule has 7 heteroatoms. The summed E-state index contributed by atoms with van der Waals surface area (Å²) in [6, 6.07) is 6.12. The molecule has 3 aromatic heterocycles. The third kappa shape index (κ3) is 4.99. The van der Waals surface area contributed by atoms with Gasteiger partial charge in [-0.1, -0.05) is 18.1 Å². The van der Waals surface area contributed by atoms with E-state index in [-0.39, 0.29) is 5.91 Å². The number of carbonyl (C=O) groups excluding carboxylic acids is 1. The number of aromatic nitrogens is 2. The topological polar surface area (TPSA) is 59.2 Å². The van der Waals surface area contributed by atoms with Gasteiger partial charge in [0.15, 0.2) is 0 Å². The van der Waals surface area contributed by atoms with E-state index < -0.39 is 0 Å². The summed E-state index contributed by atoms with van der Waals surface area (Å²) in [6.07, 6.45) is 2.75. The average molecular weight is 376 g/mol. The number of carbonyl (C=O) groups is 1. The van der Waals surface area contributed by atoms with Gasteiger partial charge in [-0.05, 0) is 35.7 Å². The molecule has 0 spiro atoms. The minimum absolute atomic E-state index is 0.147. The molecule has 0 aliphatic carbocycles. The van der Waals surface area contributed by atoms with Gasteiger partial charge in [0.1, 0.15) is 0 Å². The zero-order chi connectivity index (χ0) is 17.5. The standard InChI is InChI=1S/C18H21N3O2S2/c1-2-9-21(10-7-15-4-3-11-25-15)17(22)6-5-16-19-18(20-23-16)14-8-12-24-13-14/h3-4,8,11-13H,2,5-7,9-10H2,1H3. The van der Waals surface area contributed by atoms with Crippen molar-refractivity contribution in [1.29, 1.82) is 0 Å². The van der Waals surface area contributed by atoms with Crippen molar-refractivity contribution in [1.82, 2.24) is 15.0 Å². The first-order valence-corrected chi connectivity index (χ1v) is 10.2. The summed E-state index contributed by atoms with van der Waals surface area (Å²) < 4.78 is 5.27. The van der Waals surface area contributed by atoms with E-state index in [9.17, 15) is 4.79 Å². The second-order valence-electron chi connectivity index (χ2n) is 5.73. The van der Waals surface area contributed by atoms with Crippen LogP contribution < -0.4 is 0 Å². The molecule has 0 N–H and O–H groups in total. The van der Waals surface area contributed by atoms with Crippen LogP contribution in [0, 0.1) is 0 Å². The van der Waals surface area contributed by atoms with Crippen molar-refractivity contribution in [2.24, 2.45) is 0 Å². The lowest BCUT2D eigenvalue weighted by Gasteiger charge is -2.21. The Bertz CT molecular complexity index is 766. The molecule has 25 heavy (non-hydrogen) atoms. The largest absolute Gasteiger partial charge is 0.342 e. The van der Waals surface area contributed by atoms with E-state index in [0.29, 0.717) is 24.6 Å². The molecule has 0 radical (unpaired) electrons. The highest BCUT2D eigenvalue weighted by Crippen LogP contribution is 2.19. The van der Waals surface area contributed by atoms with Gasteiger partial charge in [-0.15, -0.1) is 11.3 Å². The molecule has 0 saturated heterocycles. The molecule has 0 aromatic carbocycles. The van der Waals surface area contributed by atoms with Crippen molar-refractivity contribution < 1.29 is 9.32 Å². The first-order valence-electron chi connectivity index (χ1n) is 8.41. The monoisotopic (exact) mass is 375 g/mol. The second-order valence-corrected chi connectivity index (χ2v) is 7.55. The summed E-state index contributed by atoms with van der Waals surface area (Å²) in [6.45, 7) is 3.64. The molecule has 0 unspecified atom stereocenters. The molecule has 132 valence electrons. The Morgan fingerprint density at radius 2 is 2.16 bits per heavy atom. The fourth-order valence-corrected chi connectivity index (χ4v) is 3.90. The third-order valence-corrected chi connectivity index (χ3v) is 5.47. The van der Waals surface area contributed by atoms with Crippen LogP contribution in [0.25, 0.3) is 11.4 Å². The Morgan fingerprint density at radius 1 is 1.24 bits per heavy atom. The zero-order valence-corrected chi connectivity index (χ0v) is 15.8. The zero-order valence-electron chi connectivity index (χ0n) is 14.2. The average Bonchev–Trinajstić information content (AvgIpc) is 3.38. The first-order chi connectivity index (χ1) is 12.3. The van der Waals surface area contributed by atoms with Crippen molar-refractivity contribution in [3.8, 4) is 11.4 Å². The maximum Gasteiger partial charge on any atom is 0.227 e. The van der Waals surface area contributed by atoms with Crippen LogP contribution in [0.2, 0.25) is 0 Å². The van der Waals surface area contributed by atoms with Gasteiger partial charge >= 0.3 is 0 Å². The highest BCUT2D eigenvalue weighted by atomic mass is 32.1. The van der Waals surface area contributed by atoms with Crippen molar-refractivity contribution in [2.45, 2.75) is 32.6 Å². The Hall–Kier alpha value is -1.99. The lowest BCUT2D eigenvalue weighted by molar-refractivity contribution is -0.131. The molecule has 0 aliphatic heterocycles. The number of hydrogen-bond donors (Lipinski definition) is 0. The summed E-state index contributed by atoms with van der Waals surface area (Å²) in [7, 11) is 0. The molecule has 0 bridgehead atoms. The number of thiophene rings is 2. The Morgan fingerprint density at radius 3 is 2.88 bits per heavy atom. The molecule has 0 atom stereocenters. The van der Waals surface area contributed by atoms with Crippen LogP contribution in [0.15, 0.2) is 38.9 Å². The highest BCUT2D eigenvalue weighted by molar-refractivity contribution is 7.09. The van der Waals surface area contributed by atoms with E-state index in [2.05, 4.69) is 28.5 Å². The fourth-order valence-electron chi connectivity index (χ4n) is 2.57. The van der Waals surface area contributed by atoms with Crippen molar-refractivity contribution in [3.63, 3.8) is 0 Å². The number of amides is 1. The Labute approximate surface area is 155 Å². The van der Waals surface area contributed by atoms with Crippen LogP contribution in [-0.4, -0.2) is 34.0 Å². The second kappa shape index (κ2) is 8.92. The summed E-state index contributed by atoms with van der Waals surface area (Å²) >= 11 is 3.33. The van der Waals surface area contributed by atoms with E-state index >= 15 is 0 Å². The molecule has 0 saturated carbocycles. The fraction of sp³-hybridized carbons (Fsp3) is 0.389. The van der Waals surface area contributed by atoms with Gasteiger partial charge in [0.2, 0.25) is 17.6 Å². The van der Waals surface area contributed by atoms with Gasteiger partial charge in [0, 0.05) is 41.8 Å². The summed E-state index contributed by atoms with van der Waals surface area (Å²) in [5, 5.41) is 10.0. The highest BCUT2D eigenvalue weighted by Gasteiger charge is 2.15. The minimum atomic E-state index is 0.147. The predicted octanol–water partition coefficient (Wildman–Crippen LogP) is 4.27. The van der Waals surface area contributed by atoms with E-state index in [0.717, 1.165) is 31.5 Å². The Kier molecular flexibility index (Phi) is 6.36. The van der Waals surface area contributed by atoms with Crippen LogP contribution in [0.5, 0.6) is 0 Å². The van der Waals surface area contributed by atoms with Gasteiger partial charge in [-0.3, -0.25) is 4.79 Å². The number of hydrogen-bond acceptors (Lipinski definition) is 6. The summed E-state index contributed by atoms with van der Waals surface area (Å²) in [5.74, 6) is 1.25. The Balaban J connectivity index is 1.52. The van der Waals surface area contributed by atoms with E-state index in [4.69, 9.17) is 4.52 Å². The van der Waals surface area contributed by atoms with E-state index in [1.807, 2.05) is 27.8 Å². The normalized spacial score (nSPS) is 10.9. The van der Waals surface area contributed by atoms with Gasteiger partial charge in [-0.2, -0.15) is 16.3 Å². The lowest BCUT2D eigenvalue weighted by atomic mass is 10.2. The van der Waals surface area contributed by atoms with Gasteiger partial charge in [0.25, 0.3) is 0 Å². The lowest BCUT2D eigenvalue weighted by Crippen LogP contribution is -2.33. The predicted molar refractivity (Wildman–Crippen MR) is 101 cm³/mol. The van der Waals surface area contributed by atoms with Crippen LogP contribution in [0.3, 0.4) is 0 Å². The number of rotatable bonds is 9. The van der Waals surface area contributed by atoms with Crippen LogP contribution in [0.1, 0.15) is 30.5 Å². The first kappa shape index (κ1) is 17.8. The molecule has 0 aliphatic rings. The molecule has 5 nitrogen and oxygen atoms in total. The van der Waals surface area contributed by atoms with E-state index in [1.54, 1.807) is 22.7 Å². The molecule has 3 aromatic rings. The van der Waals surface area contributed by atoms with Gasteiger partial charge in [0.05, 0.1) is 0 Å². The van der Waals surface area contributed by atoms with Gasteiger partial charge in [-0.25, -0.2) is 0 Å². The molecular formula is C18H21N3O2S2. The van der Waals surface area contributed by atoms with Crippen LogP contribution in [-0.2, 0) is 17.6 Å². The SMILES string of the molecule is CCCN(CCc1cccs1)C(=O)CCc1nc(-c2ccsc2)no1. The van der Waals surface area contributed by atoms with Crippen LogP contribution in [0.4, 0.5) is 0 Å². The maximum absolute atomic E-state index is 12.5. The van der Waals surface area contributed by atoms with Crippen molar-refractivity contribution >= 4 is 28.6 Å². The molecule has 1 amide bonds. The summed E-state index contributed by atoms with van der Waals surface area (Å²) in [5.41, 5.74) is 0.954. The van der Waals surface area contributed by atoms with Crippen molar-refractivity contribution in [3.05, 3.63) is 45.1 Å². The summed E-state index contributed by atoms with van der Waals surface area (Å²) in [4.78, 5) is 20.2. The molecule has 0 fully saturated rings. The van der Waals surface area contributed by atoms with E-state index in [1.165, 1.54) is 4.88 Å². The van der Waals surface area contributed by atoms with Crippen molar-refractivity contribution in [2.75, 3.05) is 13.1 Å². The number of nitrogens with zero attached hydrogens (tertiary/aromatic N) is 3. The molecule has 3 heterocycles.